The molecule has 0 unspecified atom stereocenters. The molecular formula is C19H25NO5. The van der Waals surface area contributed by atoms with Gasteiger partial charge in [0.15, 0.2) is 11.5 Å². The van der Waals surface area contributed by atoms with Crippen molar-refractivity contribution in [2.75, 3.05) is 20.3 Å². The van der Waals surface area contributed by atoms with E-state index in [0.717, 1.165) is 0 Å². The number of amides is 1. The quantitative estimate of drug-likeness (QED) is 0.732. The smallest absolute Gasteiger partial charge is 0.290 e. The van der Waals surface area contributed by atoms with Gasteiger partial charge < -0.3 is 19.5 Å². The summed E-state index contributed by atoms with van der Waals surface area (Å²) in [5.74, 6) is -0.779. The summed E-state index contributed by atoms with van der Waals surface area (Å²) in [6.45, 7) is 6.11. The standard InChI is InChI=1S/C19H25NO5/c1-12(2)25-11-7-10-20-17(14-8-5-6-9-15(14)24-4)16(13(3)21)18(22)19(20)23/h5-6,8-9,12,17,22H,7,10-11H2,1-4H3/t17-/m0/s1. The lowest BCUT2D eigenvalue weighted by Crippen LogP contribution is -2.32. The number of rotatable bonds is 8. The molecule has 25 heavy (non-hydrogen) atoms. The first-order valence-electron chi connectivity index (χ1n) is 8.38. The fraction of sp³-hybridized carbons (Fsp3) is 0.474. The van der Waals surface area contributed by atoms with Crippen molar-refractivity contribution in [2.45, 2.75) is 39.3 Å². The topological polar surface area (TPSA) is 76.1 Å². The third kappa shape index (κ3) is 4.02. The molecular weight excluding hydrogens is 322 g/mol. The second kappa shape index (κ2) is 8.16. The maximum Gasteiger partial charge on any atom is 0.290 e. The Balaban J connectivity index is 2.34. The lowest BCUT2D eigenvalue weighted by Gasteiger charge is -2.27. The maximum atomic E-state index is 12.5. The summed E-state index contributed by atoms with van der Waals surface area (Å²) in [6, 6.07) is 6.55. The Morgan fingerprint density at radius 2 is 2.00 bits per heavy atom. The van der Waals surface area contributed by atoms with Crippen LogP contribution < -0.4 is 4.74 Å². The normalized spacial score (nSPS) is 17.6. The van der Waals surface area contributed by atoms with Gasteiger partial charge in [0.25, 0.3) is 5.91 Å². The third-order valence-electron chi connectivity index (χ3n) is 4.11. The molecule has 0 spiro atoms. The number of carbonyl (C=O) groups is 2. The van der Waals surface area contributed by atoms with Gasteiger partial charge in [0.2, 0.25) is 0 Å². The van der Waals surface area contributed by atoms with Crippen molar-refractivity contribution >= 4 is 11.7 Å². The van der Waals surface area contributed by atoms with Crippen molar-refractivity contribution < 1.29 is 24.2 Å². The summed E-state index contributed by atoms with van der Waals surface area (Å²) in [7, 11) is 1.54. The number of para-hydroxylation sites is 1. The number of hydrogen-bond acceptors (Lipinski definition) is 5. The molecule has 1 amide bonds. The van der Waals surface area contributed by atoms with E-state index in [1.165, 1.54) is 18.9 Å². The molecule has 1 N–H and O–H groups in total. The summed E-state index contributed by atoms with van der Waals surface area (Å²) >= 11 is 0. The molecule has 1 aromatic carbocycles. The van der Waals surface area contributed by atoms with Crippen molar-refractivity contribution in [1.29, 1.82) is 0 Å². The fourth-order valence-electron chi connectivity index (χ4n) is 3.01. The number of hydrogen-bond donors (Lipinski definition) is 1. The van der Waals surface area contributed by atoms with Crippen LogP contribution in [-0.4, -0.2) is 48.1 Å². The molecule has 1 heterocycles. The highest BCUT2D eigenvalue weighted by atomic mass is 16.5. The Labute approximate surface area is 148 Å². The molecule has 0 fully saturated rings. The first kappa shape index (κ1) is 19.0. The van der Waals surface area contributed by atoms with E-state index in [1.54, 1.807) is 12.1 Å². The average molecular weight is 347 g/mol. The molecule has 1 aromatic rings. The molecule has 1 aliphatic rings. The number of Topliss-reactive ketones (excluding diaryl/α,β-unsaturated/α-hetero) is 1. The molecule has 1 atom stereocenters. The van der Waals surface area contributed by atoms with Crippen molar-refractivity contribution in [1.82, 2.24) is 4.90 Å². The van der Waals surface area contributed by atoms with Gasteiger partial charge in [-0.1, -0.05) is 18.2 Å². The third-order valence-corrected chi connectivity index (χ3v) is 4.11. The van der Waals surface area contributed by atoms with Gasteiger partial charge in [0, 0.05) is 18.7 Å². The Morgan fingerprint density at radius 1 is 1.32 bits per heavy atom. The number of aliphatic hydroxyl groups is 1. The van der Waals surface area contributed by atoms with E-state index >= 15 is 0 Å². The van der Waals surface area contributed by atoms with Crippen molar-refractivity contribution in [3.8, 4) is 5.75 Å². The maximum absolute atomic E-state index is 12.5. The van der Waals surface area contributed by atoms with E-state index in [4.69, 9.17) is 9.47 Å². The number of benzene rings is 1. The molecule has 136 valence electrons. The van der Waals surface area contributed by atoms with E-state index in [0.29, 0.717) is 30.9 Å². The van der Waals surface area contributed by atoms with Gasteiger partial charge in [-0.3, -0.25) is 9.59 Å². The molecule has 0 aromatic heterocycles. The molecule has 6 heteroatoms. The highest BCUT2D eigenvalue weighted by molar-refractivity contribution is 6.08. The van der Waals surface area contributed by atoms with E-state index in [-0.39, 0.29) is 17.5 Å². The lowest BCUT2D eigenvalue weighted by atomic mass is 9.96. The zero-order valence-corrected chi connectivity index (χ0v) is 15.1. The summed E-state index contributed by atoms with van der Waals surface area (Å²) < 4.78 is 10.9. The van der Waals surface area contributed by atoms with Gasteiger partial charge in [0.05, 0.1) is 24.8 Å². The second-order valence-electron chi connectivity index (χ2n) is 6.23. The molecule has 6 nitrogen and oxygen atoms in total. The number of carbonyl (C=O) groups excluding carboxylic acids is 2. The van der Waals surface area contributed by atoms with Crippen LogP contribution in [0.4, 0.5) is 0 Å². The molecule has 0 saturated carbocycles. The number of ether oxygens (including phenoxy) is 2. The monoisotopic (exact) mass is 347 g/mol. The highest BCUT2D eigenvalue weighted by Crippen LogP contribution is 2.41. The van der Waals surface area contributed by atoms with Crippen LogP contribution in [0.25, 0.3) is 0 Å². The first-order valence-corrected chi connectivity index (χ1v) is 8.38. The zero-order valence-electron chi connectivity index (χ0n) is 15.1. The van der Waals surface area contributed by atoms with E-state index in [9.17, 15) is 14.7 Å². The summed E-state index contributed by atoms with van der Waals surface area (Å²) in [6.07, 6.45) is 0.715. The molecule has 0 radical (unpaired) electrons. The second-order valence-corrected chi connectivity index (χ2v) is 6.23. The van der Waals surface area contributed by atoms with E-state index in [2.05, 4.69) is 0 Å². The van der Waals surface area contributed by atoms with Crippen LogP contribution in [0, 0.1) is 0 Å². The number of aliphatic hydroxyl groups excluding tert-OH is 1. The first-order chi connectivity index (χ1) is 11.9. The van der Waals surface area contributed by atoms with Crippen molar-refractivity contribution in [3.63, 3.8) is 0 Å². The summed E-state index contributed by atoms with van der Waals surface area (Å²) in [5.41, 5.74) is 0.789. The predicted octanol–water partition coefficient (Wildman–Crippen LogP) is 2.79. The Hall–Kier alpha value is -2.34. The number of nitrogens with zero attached hydrogens (tertiary/aromatic N) is 1. The summed E-state index contributed by atoms with van der Waals surface area (Å²) in [5, 5.41) is 10.2. The molecule has 1 aliphatic heterocycles. The summed E-state index contributed by atoms with van der Waals surface area (Å²) in [4.78, 5) is 26.1. The molecule has 0 aliphatic carbocycles. The average Bonchev–Trinajstić information content (AvgIpc) is 2.83. The van der Waals surface area contributed by atoms with E-state index in [1.807, 2.05) is 26.0 Å². The van der Waals surface area contributed by atoms with Crippen molar-refractivity contribution in [2.24, 2.45) is 0 Å². The van der Waals surface area contributed by atoms with E-state index < -0.39 is 17.7 Å². The SMILES string of the molecule is COc1ccccc1[C@H]1C(C(C)=O)=C(O)C(=O)N1CCCOC(C)C. The molecule has 0 bridgehead atoms. The lowest BCUT2D eigenvalue weighted by molar-refractivity contribution is -0.129. The Kier molecular flexibility index (Phi) is 6.20. The van der Waals surface area contributed by atoms with Crippen LogP contribution >= 0.6 is 0 Å². The van der Waals surface area contributed by atoms with Gasteiger partial charge in [-0.05, 0) is 33.3 Å². The van der Waals surface area contributed by atoms with Crippen LogP contribution in [-0.2, 0) is 14.3 Å². The van der Waals surface area contributed by atoms with Crippen LogP contribution in [0.15, 0.2) is 35.6 Å². The molecule has 0 saturated heterocycles. The van der Waals surface area contributed by atoms with Crippen LogP contribution in [0.1, 0.15) is 38.8 Å². The highest BCUT2D eigenvalue weighted by Gasteiger charge is 2.43. The van der Waals surface area contributed by atoms with Crippen LogP contribution in [0.3, 0.4) is 0 Å². The largest absolute Gasteiger partial charge is 0.503 e. The Bertz CT molecular complexity index is 680. The van der Waals surface area contributed by atoms with Crippen LogP contribution in [0.5, 0.6) is 5.75 Å². The van der Waals surface area contributed by atoms with Gasteiger partial charge in [0.1, 0.15) is 5.75 Å². The van der Waals surface area contributed by atoms with Crippen molar-refractivity contribution in [3.05, 3.63) is 41.2 Å². The predicted molar refractivity (Wildman–Crippen MR) is 93.5 cm³/mol. The zero-order chi connectivity index (χ0) is 18.6. The molecule has 2 rings (SSSR count). The number of ketones is 1. The Morgan fingerprint density at radius 3 is 2.60 bits per heavy atom. The minimum Gasteiger partial charge on any atom is -0.503 e. The van der Waals surface area contributed by atoms with Gasteiger partial charge in [-0.25, -0.2) is 0 Å². The van der Waals surface area contributed by atoms with Crippen LogP contribution in [0.2, 0.25) is 0 Å². The van der Waals surface area contributed by atoms with Gasteiger partial charge in [-0.15, -0.1) is 0 Å². The van der Waals surface area contributed by atoms with Gasteiger partial charge >= 0.3 is 0 Å². The van der Waals surface area contributed by atoms with Gasteiger partial charge in [-0.2, -0.15) is 0 Å². The minimum absolute atomic E-state index is 0.110. The fourth-order valence-corrected chi connectivity index (χ4v) is 3.01. The number of methoxy groups -OCH3 is 1. The minimum atomic E-state index is -0.653.